The molecular weight excluding hydrogens is 278 g/mol. The highest BCUT2D eigenvalue weighted by Gasteiger charge is 2.30. The van der Waals surface area contributed by atoms with Gasteiger partial charge < -0.3 is 15.5 Å². The Bertz CT molecular complexity index is 371. The molecule has 5 nitrogen and oxygen atoms in total. The van der Waals surface area contributed by atoms with Gasteiger partial charge in [0.1, 0.15) is 0 Å². The molecule has 2 N–H and O–H groups in total. The first-order valence-electron chi connectivity index (χ1n) is 8.64. The summed E-state index contributed by atoms with van der Waals surface area (Å²) in [6.07, 6.45) is 2.94. The summed E-state index contributed by atoms with van der Waals surface area (Å²) in [5.41, 5.74) is 0. The fourth-order valence-corrected chi connectivity index (χ4v) is 2.99. The van der Waals surface area contributed by atoms with Crippen molar-refractivity contribution < 1.29 is 9.59 Å². The Morgan fingerprint density at radius 2 is 1.95 bits per heavy atom. The second-order valence-corrected chi connectivity index (χ2v) is 6.89. The lowest BCUT2D eigenvalue weighted by Crippen LogP contribution is -2.55. The fraction of sp³-hybridized carbons (Fsp3) is 0.882. The topological polar surface area (TPSA) is 61.4 Å². The molecule has 0 aromatic heterocycles. The van der Waals surface area contributed by atoms with E-state index in [9.17, 15) is 9.59 Å². The smallest absolute Gasteiger partial charge is 0.236 e. The number of piperidine rings is 1. The molecule has 1 aliphatic heterocycles. The second-order valence-electron chi connectivity index (χ2n) is 6.89. The highest BCUT2D eigenvalue weighted by atomic mass is 16.2. The predicted molar refractivity (Wildman–Crippen MR) is 89.5 cm³/mol. The van der Waals surface area contributed by atoms with Crippen LogP contribution in [0.15, 0.2) is 0 Å². The Hall–Kier alpha value is -1.10. The van der Waals surface area contributed by atoms with Gasteiger partial charge in [-0.25, -0.2) is 0 Å². The molecule has 0 spiro atoms. The number of amides is 2. The van der Waals surface area contributed by atoms with E-state index in [0.717, 1.165) is 38.9 Å². The standard InChI is InChI=1S/C17H33N3O2/c1-6-15-11-20(14(5)21)10-8-16(15)19-13(4)17(22)18-9-7-12(2)3/h12-13,15-16,19H,6-11H2,1-5H3,(H,18,22)/t13-,15+,16+/m0/s1. The van der Waals surface area contributed by atoms with E-state index < -0.39 is 0 Å². The van der Waals surface area contributed by atoms with Crippen LogP contribution in [0.5, 0.6) is 0 Å². The van der Waals surface area contributed by atoms with Gasteiger partial charge in [-0.2, -0.15) is 0 Å². The van der Waals surface area contributed by atoms with Crippen LogP contribution in [0.25, 0.3) is 0 Å². The van der Waals surface area contributed by atoms with Crippen LogP contribution in [-0.2, 0) is 9.59 Å². The van der Waals surface area contributed by atoms with Crippen LogP contribution in [0.1, 0.15) is 53.9 Å². The first-order valence-corrected chi connectivity index (χ1v) is 8.64. The second kappa shape index (κ2) is 9.13. The molecule has 1 saturated heterocycles. The maximum absolute atomic E-state index is 12.1. The Labute approximate surface area is 135 Å². The van der Waals surface area contributed by atoms with E-state index in [1.165, 1.54) is 0 Å². The molecule has 0 unspecified atom stereocenters. The molecule has 22 heavy (non-hydrogen) atoms. The largest absolute Gasteiger partial charge is 0.355 e. The van der Waals surface area contributed by atoms with Crippen molar-refractivity contribution in [3.63, 3.8) is 0 Å². The highest BCUT2D eigenvalue weighted by Crippen LogP contribution is 2.20. The van der Waals surface area contributed by atoms with E-state index >= 15 is 0 Å². The first-order chi connectivity index (χ1) is 10.3. The minimum Gasteiger partial charge on any atom is -0.355 e. The van der Waals surface area contributed by atoms with Crippen molar-refractivity contribution in [2.75, 3.05) is 19.6 Å². The molecule has 0 aliphatic carbocycles. The average Bonchev–Trinajstić information content (AvgIpc) is 2.46. The molecule has 3 atom stereocenters. The van der Waals surface area contributed by atoms with E-state index in [1.54, 1.807) is 6.92 Å². The third-order valence-electron chi connectivity index (χ3n) is 4.58. The third kappa shape index (κ3) is 5.95. The number of hydrogen-bond donors (Lipinski definition) is 2. The Morgan fingerprint density at radius 1 is 1.27 bits per heavy atom. The third-order valence-corrected chi connectivity index (χ3v) is 4.58. The zero-order chi connectivity index (χ0) is 16.7. The van der Waals surface area contributed by atoms with Crippen molar-refractivity contribution in [2.24, 2.45) is 11.8 Å². The molecule has 1 heterocycles. The summed E-state index contributed by atoms with van der Waals surface area (Å²) in [5, 5.41) is 6.46. The Kier molecular flexibility index (Phi) is 7.87. The summed E-state index contributed by atoms with van der Waals surface area (Å²) < 4.78 is 0. The monoisotopic (exact) mass is 311 g/mol. The number of likely N-dealkylation sites (tertiary alicyclic amines) is 1. The zero-order valence-corrected chi connectivity index (χ0v) is 14.8. The van der Waals surface area contributed by atoms with Crippen molar-refractivity contribution in [3.8, 4) is 0 Å². The van der Waals surface area contributed by atoms with Gasteiger partial charge in [-0.15, -0.1) is 0 Å². The lowest BCUT2D eigenvalue weighted by Gasteiger charge is -2.39. The number of hydrogen-bond acceptors (Lipinski definition) is 3. The molecule has 0 radical (unpaired) electrons. The number of carbonyl (C=O) groups is 2. The summed E-state index contributed by atoms with van der Waals surface area (Å²) in [4.78, 5) is 25.6. The average molecular weight is 311 g/mol. The number of rotatable bonds is 7. The number of nitrogens with zero attached hydrogens (tertiary/aromatic N) is 1. The maximum Gasteiger partial charge on any atom is 0.236 e. The van der Waals surface area contributed by atoms with Gasteiger partial charge in [-0.05, 0) is 31.6 Å². The maximum atomic E-state index is 12.1. The van der Waals surface area contributed by atoms with Gasteiger partial charge >= 0.3 is 0 Å². The minimum absolute atomic E-state index is 0.0736. The molecule has 1 rings (SSSR count). The SMILES string of the molecule is CC[C@@H]1CN(C(C)=O)CC[C@H]1N[C@@H](C)C(=O)NCCC(C)C. The van der Waals surface area contributed by atoms with E-state index in [2.05, 4.69) is 31.4 Å². The molecule has 5 heteroatoms. The first kappa shape index (κ1) is 18.9. The molecule has 1 fully saturated rings. The Balaban J connectivity index is 2.44. The van der Waals surface area contributed by atoms with Crippen molar-refractivity contribution in [1.82, 2.24) is 15.5 Å². The normalized spacial score (nSPS) is 23.5. The van der Waals surface area contributed by atoms with Gasteiger partial charge in [0.2, 0.25) is 11.8 Å². The van der Waals surface area contributed by atoms with E-state index in [1.807, 2.05) is 11.8 Å². The summed E-state index contributed by atoms with van der Waals surface area (Å²) >= 11 is 0. The molecule has 0 aromatic rings. The molecule has 0 bridgehead atoms. The molecule has 1 aliphatic rings. The summed E-state index contributed by atoms with van der Waals surface area (Å²) in [5.74, 6) is 1.24. The van der Waals surface area contributed by atoms with Gasteiger partial charge in [-0.1, -0.05) is 27.2 Å². The molecule has 128 valence electrons. The molecule has 0 saturated carbocycles. The van der Waals surface area contributed by atoms with Crippen LogP contribution in [0, 0.1) is 11.8 Å². The van der Waals surface area contributed by atoms with Crippen molar-refractivity contribution in [2.45, 2.75) is 66.0 Å². The van der Waals surface area contributed by atoms with Gasteiger partial charge in [0.05, 0.1) is 6.04 Å². The van der Waals surface area contributed by atoms with Gasteiger partial charge in [0.25, 0.3) is 0 Å². The van der Waals surface area contributed by atoms with Crippen LogP contribution in [-0.4, -0.2) is 48.4 Å². The van der Waals surface area contributed by atoms with Gasteiger partial charge in [0.15, 0.2) is 0 Å². The lowest BCUT2D eigenvalue weighted by atomic mass is 9.89. The lowest BCUT2D eigenvalue weighted by molar-refractivity contribution is -0.131. The van der Waals surface area contributed by atoms with Gasteiger partial charge in [-0.3, -0.25) is 9.59 Å². The van der Waals surface area contributed by atoms with E-state index in [0.29, 0.717) is 17.9 Å². The Morgan fingerprint density at radius 3 is 2.50 bits per heavy atom. The van der Waals surface area contributed by atoms with Crippen LogP contribution >= 0.6 is 0 Å². The summed E-state index contributed by atoms with van der Waals surface area (Å²) in [6, 6.07) is 0.126. The zero-order valence-electron chi connectivity index (χ0n) is 14.8. The van der Waals surface area contributed by atoms with E-state index in [4.69, 9.17) is 0 Å². The van der Waals surface area contributed by atoms with Crippen LogP contribution in [0.3, 0.4) is 0 Å². The van der Waals surface area contributed by atoms with E-state index in [-0.39, 0.29) is 17.9 Å². The summed E-state index contributed by atoms with van der Waals surface area (Å²) in [6.45, 7) is 12.3. The highest BCUT2D eigenvalue weighted by molar-refractivity contribution is 5.81. The number of carbonyl (C=O) groups excluding carboxylic acids is 2. The summed E-state index contributed by atoms with van der Waals surface area (Å²) in [7, 11) is 0. The minimum atomic E-state index is -0.185. The van der Waals surface area contributed by atoms with Gasteiger partial charge in [0, 0.05) is 32.6 Å². The van der Waals surface area contributed by atoms with Crippen LogP contribution < -0.4 is 10.6 Å². The van der Waals surface area contributed by atoms with Crippen LogP contribution in [0.2, 0.25) is 0 Å². The van der Waals surface area contributed by atoms with Crippen molar-refractivity contribution in [1.29, 1.82) is 0 Å². The number of nitrogens with one attached hydrogen (secondary N) is 2. The fourth-order valence-electron chi connectivity index (χ4n) is 2.99. The molecule has 0 aromatic carbocycles. The van der Waals surface area contributed by atoms with Crippen molar-refractivity contribution >= 4 is 11.8 Å². The van der Waals surface area contributed by atoms with Crippen molar-refractivity contribution in [3.05, 3.63) is 0 Å². The molecule has 2 amide bonds. The predicted octanol–water partition coefficient (Wildman–Crippen LogP) is 1.77. The quantitative estimate of drug-likeness (QED) is 0.753. The van der Waals surface area contributed by atoms with Crippen LogP contribution in [0.4, 0.5) is 0 Å². The molecular formula is C17H33N3O2.